The van der Waals surface area contributed by atoms with Gasteiger partial charge in [-0.2, -0.15) is 5.26 Å². The highest BCUT2D eigenvalue weighted by Gasteiger charge is 2.06. The number of nitriles is 1. The maximum absolute atomic E-state index is 8.93. The summed E-state index contributed by atoms with van der Waals surface area (Å²) in [5.74, 6) is 0. The largest absolute Gasteiger partial charge is 0.397 e. The summed E-state index contributed by atoms with van der Waals surface area (Å²) < 4.78 is 0. The molecule has 0 fully saturated rings. The summed E-state index contributed by atoms with van der Waals surface area (Å²) in [5.41, 5.74) is 9.47. The fourth-order valence-electron chi connectivity index (χ4n) is 1.58. The van der Waals surface area contributed by atoms with Crippen LogP contribution in [-0.4, -0.2) is 0 Å². The van der Waals surface area contributed by atoms with E-state index in [4.69, 9.17) is 11.0 Å². The molecule has 0 unspecified atom stereocenters. The molecule has 2 N–H and O–H groups in total. The predicted molar refractivity (Wildman–Crippen MR) is 62.8 cm³/mol. The van der Waals surface area contributed by atoms with E-state index in [0.29, 0.717) is 17.7 Å². The highest BCUT2D eigenvalue weighted by atomic mass is 14.6. The number of nitrogens with zero attached hydrogens (tertiary/aromatic N) is 1. The number of nitrogens with two attached hydrogens (primary N) is 1. The van der Waals surface area contributed by atoms with Crippen molar-refractivity contribution in [2.24, 2.45) is 5.73 Å². The van der Waals surface area contributed by atoms with Crippen LogP contribution in [0.4, 0.5) is 0 Å². The van der Waals surface area contributed by atoms with Gasteiger partial charge in [0, 0.05) is 5.56 Å². The maximum Gasteiger partial charge on any atom is 0.0968 e. The molecule has 2 nitrogen and oxygen atoms in total. The highest BCUT2D eigenvalue weighted by molar-refractivity contribution is 5.71. The normalized spacial score (nSPS) is 11.8. The number of hydrogen-bond donors (Lipinski definition) is 1. The number of aryl methyl sites for hydroxylation is 1. The summed E-state index contributed by atoms with van der Waals surface area (Å²) in [6.07, 6.45) is 1.61. The molecule has 2 heteroatoms. The van der Waals surface area contributed by atoms with Gasteiger partial charge in [-0.15, -0.1) is 0 Å². The summed E-state index contributed by atoms with van der Waals surface area (Å²) in [6, 6.07) is 10.1. The van der Waals surface area contributed by atoms with Gasteiger partial charge in [-0.3, -0.25) is 0 Å². The van der Waals surface area contributed by atoms with Crippen LogP contribution in [-0.2, 0) is 6.42 Å². The lowest BCUT2D eigenvalue weighted by atomic mass is 9.99. The molecule has 0 aliphatic heterocycles. The van der Waals surface area contributed by atoms with Gasteiger partial charge in [0.2, 0.25) is 0 Å². The first-order valence-electron chi connectivity index (χ1n) is 5.21. The summed E-state index contributed by atoms with van der Waals surface area (Å²) in [7, 11) is 0. The zero-order chi connectivity index (χ0) is 11.3. The molecule has 0 aromatic heterocycles. The van der Waals surface area contributed by atoms with Gasteiger partial charge in [-0.05, 0) is 18.4 Å². The van der Waals surface area contributed by atoms with E-state index in [1.165, 1.54) is 5.56 Å². The Hall–Kier alpha value is -1.75. The van der Waals surface area contributed by atoms with Crippen molar-refractivity contribution in [3.63, 3.8) is 0 Å². The Morgan fingerprint density at radius 3 is 2.53 bits per heavy atom. The molecule has 0 heterocycles. The van der Waals surface area contributed by atoms with Gasteiger partial charge in [0.05, 0.1) is 17.3 Å². The van der Waals surface area contributed by atoms with Crippen LogP contribution in [0.15, 0.2) is 29.8 Å². The second-order valence-electron chi connectivity index (χ2n) is 3.37. The van der Waals surface area contributed by atoms with E-state index in [9.17, 15) is 0 Å². The standard InChI is InChI=1S/C13H16N2/c1-3-10-7-5-6-8-12(10)13(15)11(4-2)9-14/h5-8H,3-4,15H2,1-2H3/b13-11-. The van der Waals surface area contributed by atoms with Crippen LogP contribution >= 0.6 is 0 Å². The smallest absolute Gasteiger partial charge is 0.0968 e. The number of hydrogen-bond acceptors (Lipinski definition) is 2. The van der Waals surface area contributed by atoms with Crippen molar-refractivity contribution in [2.75, 3.05) is 0 Å². The number of allylic oxidation sites excluding steroid dienone is 1. The van der Waals surface area contributed by atoms with Gasteiger partial charge in [0.25, 0.3) is 0 Å². The molecular weight excluding hydrogens is 184 g/mol. The summed E-state index contributed by atoms with van der Waals surface area (Å²) in [4.78, 5) is 0. The zero-order valence-electron chi connectivity index (χ0n) is 9.25. The number of benzene rings is 1. The fraction of sp³-hybridized carbons (Fsp3) is 0.308. The van der Waals surface area contributed by atoms with Crippen molar-refractivity contribution in [3.8, 4) is 6.07 Å². The van der Waals surface area contributed by atoms with Crippen LogP contribution in [0.1, 0.15) is 31.4 Å². The summed E-state index contributed by atoms with van der Waals surface area (Å²) in [6.45, 7) is 4.03. The molecule has 0 atom stereocenters. The Kier molecular flexibility index (Phi) is 3.93. The molecule has 1 aromatic carbocycles. The first kappa shape index (κ1) is 11.3. The summed E-state index contributed by atoms with van der Waals surface area (Å²) >= 11 is 0. The summed E-state index contributed by atoms with van der Waals surface area (Å²) in [5, 5.41) is 8.93. The molecule has 1 aromatic rings. The van der Waals surface area contributed by atoms with Crippen molar-refractivity contribution in [2.45, 2.75) is 26.7 Å². The minimum absolute atomic E-state index is 0.623. The van der Waals surface area contributed by atoms with E-state index in [1.54, 1.807) is 0 Å². The van der Waals surface area contributed by atoms with Gasteiger partial charge in [0.1, 0.15) is 0 Å². The van der Waals surface area contributed by atoms with Crippen molar-refractivity contribution in [3.05, 3.63) is 41.0 Å². The first-order valence-corrected chi connectivity index (χ1v) is 5.21. The molecule has 0 saturated heterocycles. The molecule has 0 bridgehead atoms. The van der Waals surface area contributed by atoms with Crippen LogP contribution in [0, 0.1) is 11.3 Å². The van der Waals surface area contributed by atoms with E-state index < -0.39 is 0 Å². The average molecular weight is 200 g/mol. The van der Waals surface area contributed by atoms with Crippen molar-refractivity contribution in [1.29, 1.82) is 5.26 Å². The lowest BCUT2D eigenvalue weighted by Gasteiger charge is -2.09. The molecule has 78 valence electrons. The molecule has 0 spiro atoms. The Balaban J connectivity index is 3.28. The van der Waals surface area contributed by atoms with E-state index in [1.807, 2.05) is 31.2 Å². The van der Waals surface area contributed by atoms with Crippen molar-refractivity contribution < 1.29 is 0 Å². The van der Waals surface area contributed by atoms with Crippen LogP contribution in [0.3, 0.4) is 0 Å². The van der Waals surface area contributed by atoms with E-state index in [2.05, 4.69) is 13.0 Å². The molecule has 0 radical (unpaired) electrons. The van der Waals surface area contributed by atoms with Crippen molar-refractivity contribution in [1.82, 2.24) is 0 Å². The molecule has 15 heavy (non-hydrogen) atoms. The maximum atomic E-state index is 8.93. The Morgan fingerprint density at radius 2 is 2.00 bits per heavy atom. The third-order valence-electron chi connectivity index (χ3n) is 2.50. The van der Waals surface area contributed by atoms with Crippen molar-refractivity contribution >= 4 is 5.70 Å². The predicted octanol–water partition coefficient (Wildman–Crippen LogP) is 2.85. The van der Waals surface area contributed by atoms with Gasteiger partial charge in [-0.1, -0.05) is 38.1 Å². The Bertz CT molecular complexity index is 411. The van der Waals surface area contributed by atoms with Gasteiger partial charge in [0.15, 0.2) is 0 Å². The SMILES string of the molecule is CC/C(C#N)=C(/N)c1ccccc1CC. The molecule has 1 rings (SSSR count). The lowest BCUT2D eigenvalue weighted by Crippen LogP contribution is -2.03. The monoisotopic (exact) mass is 200 g/mol. The molecule has 0 aliphatic carbocycles. The minimum atomic E-state index is 0.623. The van der Waals surface area contributed by atoms with Crippen LogP contribution in [0.25, 0.3) is 5.70 Å². The van der Waals surface area contributed by atoms with E-state index in [-0.39, 0.29) is 0 Å². The third kappa shape index (κ3) is 2.38. The Labute approximate surface area is 91.0 Å². The Morgan fingerprint density at radius 1 is 1.33 bits per heavy atom. The van der Waals surface area contributed by atoms with Crippen LogP contribution in [0.2, 0.25) is 0 Å². The fourth-order valence-corrected chi connectivity index (χ4v) is 1.58. The second-order valence-corrected chi connectivity index (χ2v) is 3.37. The molecule has 0 aliphatic rings. The van der Waals surface area contributed by atoms with E-state index >= 15 is 0 Å². The van der Waals surface area contributed by atoms with E-state index in [0.717, 1.165) is 12.0 Å². The lowest BCUT2D eigenvalue weighted by molar-refractivity contribution is 1.11. The first-order chi connectivity index (χ1) is 7.24. The van der Waals surface area contributed by atoms with Gasteiger partial charge < -0.3 is 5.73 Å². The zero-order valence-corrected chi connectivity index (χ0v) is 9.25. The van der Waals surface area contributed by atoms with Crippen LogP contribution < -0.4 is 5.73 Å². The van der Waals surface area contributed by atoms with Gasteiger partial charge in [-0.25, -0.2) is 0 Å². The number of rotatable bonds is 3. The highest BCUT2D eigenvalue weighted by Crippen LogP contribution is 2.19. The topological polar surface area (TPSA) is 49.8 Å². The second kappa shape index (κ2) is 5.21. The van der Waals surface area contributed by atoms with Crippen LogP contribution in [0.5, 0.6) is 0 Å². The molecule has 0 amide bonds. The average Bonchev–Trinajstić information content (AvgIpc) is 2.30. The molecule has 0 saturated carbocycles. The quantitative estimate of drug-likeness (QED) is 0.763. The molecular formula is C13H16N2. The minimum Gasteiger partial charge on any atom is -0.397 e. The van der Waals surface area contributed by atoms with Gasteiger partial charge >= 0.3 is 0 Å². The third-order valence-corrected chi connectivity index (χ3v) is 2.50.